The van der Waals surface area contributed by atoms with E-state index >= 15 is 0 Å². The number of aliphatic hydroxyl groups excluding tert-OH is 1. The fourth-order valence-corrected chi connectivity index (χ4v) is 3.25. The van der Waals surface area contributed by atoms with Crippen LogP contribution >= 0.6 is 0 Å². The molecule has 1 heterocycles. The van der Waals surface area contributed by atoms with Crippen LogP contribution in [0.25, 0.3) is 0 Å². The van der Waals surface area contributed by atoms with Crippen molar-refractivity contribution in [3.8, 4) is 11.8 Å². The highest BCUT2D eigenvalue weighted by Crippen LogP contribution is 2.44. The topological polar surface area (TPSA) is 73.6 Å². The maximum atomic E-state index is 11.3. The molecule has 2 aromatic rings. The molecule has 1 aliphatic heterocycles. The highest BCUT2D eigenvalue weighted by molar-refractivity contribution is 5.64. The third-order valence-corrected chi connectivity index (χ3v) is 4.54. The molecule has 0 aliphatic carbocycles. The first-order valence-corrected chi connectivity index (χ1v) is 8.14. The second kappa shape index (κ2) is 6.58. The Bertz CT molecular complexity index is 811. The first-order valence-electron chi connectivity index (χ1n) is 8.14. The molecule has 1 N–H and O–H groups in total. The molecule has 0 aromatic heterocycles. The second-order valence-corrected chi connectivity index (χ2v) is 6.61. The van der Waals surface area contributed by atoms with Gasteiger partial charge in [0.1, 0.15) is 23.7 Å². The summed E-state index contributed by atoms with van der Waals surface area (Å²) < 4.78 is 5.95. The van der Waals surface area contributed by atoms with Gasteiger partial charge in [-0.05, 0) is 44.2 Å². The number of anilines is 1. The van der Waals surface area contributed by atoms with Crippen molar-refractivity contribution in [3.05, 3.63) is 59.7 Å². The van der Waals surface area contributed by atoms with Crippen LogP contribution < -0.4 is 9.64 Å². The summed E-state index contributed by atoms with van der Waals surface area (Å²) in [6, 6.07) is 16.2. The van der Waals surface area contributed by atoms with Gasteiger partial charge >= 0.3 is 0 Å². The monoisotopic (exact) mass is 336 g/mol. The Balaban J connectivity index is 2.17. The average molecular weight is 336 g/mol. The molecule has 0 amide bonds. The minimum Gasteiger partial charge on any atom is -0.485 e. The molecule has 1 aliphatic rings. The van der Waals surface area contributed by atoms with Crippen molar-refractivity contribution in [3.63, 3.8) is 0 Å². The summed E-state index contributed by atoms with van der Waals surface area (Å²) in [6.07, 6.45) is -0.0650. The van der Waals surface area contributed by atoms with Crippen LogP contribution in [0.15, 0.2) is 48.5 Å². The van der Waals surface area contributed by atoms with Gasteiger partial charge in [-0.1, -0.05) is 18.2 Å². The van der Waals surface area contributed by atoms with Crippen molar-refractivity contribution in [1.29, 1.82) is 5.26 Å². The second-order valence-electron chi connectivity index (χ2n) is 6.61. The number of benzene rings is 2. The molecule has 0 saturated carbocycles. The molecule has 128 valence electrons. The summed E-state index contributed by atoms with van der Waals surface area (Å²) >= 11 is 0. The normalized spacial score (nSPS) is 20.7. The molecule has 5 heteroatoms. The van der Waals surface area contributed by atoms with Gasteiger partial charge in [0.05, 0.1) is 24.2 Å². The van der Waals surface area contributed by atoms with Gasteiger partial charge in [-0.3, -0.25) is 0 Å². The van der Waals surface area contributed by atoms with E-state index < -0.39 is 17.7 Å². The molecule has 0 radical (unpaired) electrons. The molecule has 0 spiro atoms. The van der Waals surface area contributed by atoms with E-state index in [-0.39, 0.29) is 6.54 Å². The fraction of sp³-hybridized carbons (Fsp3) is 0.300. The number of rotatable bonds is 4. The predicted octanol–water partition coefficient (Wildman–Crippen LogP) is 2.84. The largest absolute Gasteiger partial charge is 0.485 e. The number of fused-ring (bicyclic) bond motifs is 1. The molecule has 5 nitrogen and oxygen atoms in total. The third-order valence-electron chi connectivity index (χ3n) is 4.54. The average Bonchev–Trinajstić information content (AvgIpc) is 2.62. The van der Waals surface area contributed by atoms with Crippen molar-refractivity contribution < 1.29 is 14.6 Å². The molecule has 0 saturated heterocycles. The van der Waals surface area contributed by atoms with Crippen LogP contribution in [0.1, 0.15) is 31.0 Å². The van der Waals surface area contributed by atoms with Crippen LogP contribution in [-0.4, -0.2) is 29.6 Å². The van der Waals surface area contributed by atoms with Crippen LogP contribution in [0.2, 0.25) is 0 Å². The smallest absolute Gasteiger partial charge is 0.139 e. The summed E-state index contributed by atoms with van der Waals surface area (Å²) in [6.45, 7) is 3.75. The molecular weight excluding hydrogens is 316 g/mol. The minimum atomic E-state index is -0.880. The summed E-state index contributed by atoms with van der Waals surface area (Å²) in [5, 5.41) is 20.2. The Kier molecular flexibility index (Phi) is 4.47. The van der Waals surface area contributed by atoms with Crippen LogP contribution in [0.4, 0.5) is 5.69 Å². The van der Waals surface area contributed by atoms with Crippen molar-refractivity contribution in [1.82, 2.24) is 0 Å². The lowest BCUT2D eigenvalue weighted by Crippen LogP contribution is -2.54. The van der Waals surface area contributed by atoms with Gasteiger partial charge in [0, 0.05) is 11.3 Å². The van der Waals surface area contributed by atoms with Gasteiger partial charge in [0.2, 0.25) is 0 Å². The number of carbonyl (C=O) groups excluding carboxylic acids is 1. The lowest BCUT2D eigenvalue weighted by Gasteiger charge is -2.46. The Morgan fingerprint density at radius 1 is 1.28 bits per heavy atom. The van der Waals surface area contributed by atoms with Gasteiger partial charge in [0.15, 0.2) is 0 Å². The Morgan fingerprint density at radius 3 is 2.64 bits per heavy atom. The Hall–Kier alpha value is -2.84. The summed E-state index contributed by atoms with van der Waals surface area (Å²) in [5.74, 6) is 0.617. The van der Waals surface area contributed by atoms with E-state index in [1.807, 2.05) is 49.1 Å². The standard InChI is InChI=1S/C20H20N2O3/c1-20(2)19(24)18(16-12-14(13-21)8-9-17(16)25-20)22(10-11-23)15-6-4-3-5-7-15/h3-9,11-12,18-19,24H,10H2,1-2H3. The van der Waals surface area contributed by atoms with E-state index in [1.165, 1.54) is 0 Å². The first-order chi connectivity index (χ1) is 12.0. The van der Waals surface area contributed by atoms with Crippen molar-refractivity contribution in [2.45, 2.75) is 31.6 Å². The van der Waals surface area contributed by atoms with Crippen LogP contribution in [0.3, 0.4) is 0 Å². The van der Waals surface area contributed by atoms with Gasteiger partial charge in [0.25, 0.3) is 0 Å². The maximum Gasteiger partial charge on any atom is 0.139 e. The summed E-state index contributed by atoms with van der Waals surface area (Å²) in [5.41, 5.74) is 1.18. The molecule has 2 aromatic carbocycles. The molecule has 0 bridgehead atoms. The maximum absolute atomic E-state index is 11.3. The Labute approximate surface area is 147 Å². The summed E-state index contributed by atoms with van der Waals surface area (Å²) in [7, 11) is 0. The molecule has 2 atom stereocenters. The van der Waals surface area contributed by atoms with E-state index in [0.717, 1.165) is 12.0 Å². The number of nitrogens with zero attached hydrogens (tertiary/aromatic N) is 2. The number of hydrogen-bond acceptors (Lipinski definition) is 5. The molecule has 2 unspecified atom stereocenters. The van der Waals surface area contributed by atoms with E-state index in [2.05, 4.69) is 6.07 Å². The number of ether oxygens (including phenoxy) is 1. The molecule has 3 rings (SSSR count). The van der Waals surface area contributed by atoms with Gasteiger partial charge in [-0.2, -0.15) is 5.26 Å². The number of para-hydroxylation sites is 1. The predicted molar refractivity (Wildman–Crippen MR) is 94.5 cm³/mol. The van der Waals surface area contributed by atoms with Crippen LogP contribution in [0, 0.1) is 11.3 Å². The molecule has 25 heavy (non-hydrogen) atoms. The molecule has 0 fully saturated rings. The third kappa shape index (κ3) is 3.09. The summed E-state index contributed by atoms with van der Waals surface area (Å²) in [4.78, 5) is 13.2. The zero-order chi connectivity index (χ0) is 18.0. The van der Waals surface area contributed by atoms with E-state index in [0.29, 0.717) is 16.9 Å². The zero-order valence-electron chi connectivity index (χ0n) is 14.2. The number of carbonyl (C=O) groups is 1. The highest BCUT2D eigenvalue weighted by Gasteiger charge is 2.45. The quantitative estimate of drug-likeness (QED) is 0.869. The van der Waals surface area contributed by atoms with E-state index in [9.17, 15) is 15.2 Å². The van der Waals surface area contributed by atoms with E-state index in [4.69, 9.17) is 4.74 Å². The minimum absolute atomic E-state index is 0.123. The van der Waals surface area contributed by atoms with Gasteiger partial charge < -0.3 is 19.5 Å². The lowest BCUT2D eigenvalue weighted by atomic mass is 9.84. The van der Waals surface area contributed by atoms with Gasteiger partial charge in [-0.15, -0.1) is 0 Å². The lowest BCUT2D eigenvalue weighted by molar-refractivity contribution is -0.107. The zero-order valence-corrected chi connectivity index (χ0v) is 14.2. The molecular formula is C20H20N2O3. The number of nitriles is 1. The first kappa shape index (κ1) is 17.0. The highest BCUT2D eigenvalue weighted by atomic mass is 16.5. The van der Waals surface area contributed by atoms with Crippen LogP contribution in [-0.2, 0) is 4.79 Å². The fourth-order valence-electron chi connectivity index (χ4n) is 3.25. The van der Waals surface area contributed by atoms with Crippen molar-refractivity contribution >= 4 is 12.0 Å². The van der Waals surface area contributed by atoms with Crippen LogP contribution in [0.5, 0.6) is 5.75 Å². The van der Waals surface area contributed by atoms with Crippen molar-refractivity contribution in [2.75, 3.05) is 11.4 Å². The van der Waals surface area contributed by atoms with E-state index in [1.54, 1.807) is 18.2 Å². The number of aldehydes is 1. The Morgan fingerprint density at radius 2 is 2.00 bits per heavy atom. The van der Waals surface area contributed by atoms with Gasteiger partial charge in [-0.25, -0.2) is 0 Å². The SMILES string of the molecule is CC1(C)Oc2ccc(C#N)cc2C(N(CC=O)c2ccccc2)C1O. The number of aliphatic hydroxyl groups is 1. The van der Waals surface area contributed by atoms with Crippen molar-refractivity contribution in [2.24, 2.45) is 0 Å². The number of hydrogen-bond donors (Lipinski definition) is 1.